The molecule has 3 heterocycles. The standard InChI is InChI=1S/C20H24N2O3S/c23-18-8-9-19(24)22(18)17-10-15-6-7-16(11-17)21(15)20(25)13-26-12-14-4-2-1-3-5-14/h1-5,15-17H,6-13H2. The second-order valence-electron chi connectivity index (χ2n) is 7.45. The summed E-state index contributed by atoms with van der Waals surface area (Å²) in [7, 11) is 0. The largest absolute Gasteiger partial charge is 0.336 e. The number of imide groups is 1. The second kappa shape index (κ2) is 7.43. The van der Waals surface area contributed by atoms with Crippen LogP contribution in [0.4, 0.5) is 0 Å². The molecule has 2 bridgehead atoms. The van der Waals surface area contributed by atoms with Crippen molar-refractivity contribution in [3.8, 4) is 0 Å². The van der Waals surface area contributed by atoms with Crippen LogP contribution in [0.5, 0.6) is 0 Å². The van der Waals surface area contributed by atoms with Gasteiger partial charge >= 0.3 is 0 Å². The van der Waals surface area contributed by atoms with Gasteiger partial charge in [-0.25, -0.2) is 0 Å². The van der Waals surface area contributed by atoms with Gasteiger partial charge in [-0.1, -0.05) is 30.3 Å². The molecule has 4 rings (SSSR count). The molecule has 0 N–H and O–H groups in total. The van der Waals surface area contributed by atoms with Gasteiger partial charge in [0.2, 0.25) is 17.7 Å². The third-order valence-corrected chi connectivity index (χ3v) is 6.78. The summed E-state index contributed by atoms with van der Waals surface area (Å²) in [5.41, 5.74) is 1.23. The molecule has 2 atom stereocenters. The van der Waals surface area contributed by atoms with E-state index in [9.17, 15) is 14.4 Å². The molecule has 1 aromatic carbocycles. The van der Waals surface area contributed by atoms with Gasteiger partial charge in [0.1, 0.15) is 0 Å². The number of carbonyl (C=O) groups is 3. The van der Waals surface area contributed by atoms with Crippen LogP contribution < -0.4 is 0 Å². The van der Waals surface area contributed by atoms with Gasteiger partial charge in [0.05, 0.1) is 5.75 Å². The van der Waals surface area contributed by atoms with Gasteiger partial charge in [-0.05, 0) is 31.2 Å². The Morgan fingerprint density at radius 3 is 2.19 bits per heavy atom. The fraction of sp³-hybridized carbons (Fsp3) is 0.550. The van der Waals surface area contributed by atoms with E-state index in [2.05, 4.69) is 17.0 Å². The molecule has 1 aromatic rings. The Bertz CT molecular complexity index is 678. The Balaban J connectivity index is 1.33. The maximum absolute atomic E-state index is 12.8. The van der Waals surface area contributed by atoms with Crippen molar-refractivity contribution in [3.63, 3.8) is 0 Å². The van der Waals surface area contributed by atoms with Gasteiger partial charge in [-0.15, -0.1) is 11.8 Å². The van der Waals surface area contributed by atoms with E-state index < -0.39 is 0 Å². The van der Waals surface area contributed by atoms with Gasteiger partial charge in [-0.2, -0.15) is 0 Å². The quantitative estimate of drug-likeness (QED) is 0.746. The summed E-state index contributed by atoms with van der Waals surface area (Å²) in [5.74, 6) is 1.48. The summed E-state index contributed by atoms with van der Waals surface area (Å²) < 4.78 is 0. The number of hydrogen-bond donors (Lipinski definition) is 0. The molecule has 0 aromatic heterocycles. The Labute approximate surface area is 158 Å². The first-order valence-corrected chi connectivity index (χ1v) is 10.6. The van der Waals surface area contributed by atoms with E-state index in [1.807, 2.05) is 18.2 Å². The van der Waals surface area contributed by atoms with Crippen LogP contribution in [0.25, 0.3) is 0 Å². The SMILES string of the molecule is O=C1CCC(=O)N1C1CC2CCC(C1)N2C(=O)CSCc1ccccc1. The zero-order valence-corrected chi connectivity index (χ0v) is 15.6. The van der Waals surface area contributed by atoms with Crippen molar-refractivity contribution >= 4 is 29.5 Å². The number of piperidine rings is 1. The molecule has 0 saturated carbocycles. The van der Waals surface area contributed by atoms with Crippen molar-refractivity contribution in [1.82, 2.24) is 9.80 Å². The third-order valence-electron chi connectivity index (χ3n) is 5.79. The lowest BCUT2D eigenvalue weighted by atomic mass is 9.96. The van der Waals surface area contributed by atoms with Crippen LogP contribution in [0.2, 0.25) is 0 Å². The van der Waals surface area contributed by atoms with Gasteiger partial charge in [0.25, 0.3) is 0 Å². The molecule has 138 valence electrons. The number of thioether (sulfide) groups is 1. The third kappa shape index (κ3) is 3.39. The molecule has 0 radical (unpaired) electrons. The first kappa shape index (κ1) is 17.6. The minimum atomic E-state index is -0.0300. The molecule has 3 aliphatic heterocycles. The van der Waals surface area contributed by atoms with Crippen LogP contribution >= 0.6 is 11.8 Å². The number of rotatable bonds is 5. The second-order valence-corrected chi connectivity index (χ2v) is 8.43. The van der Waals surface area contributed by atoms with Crippen LogP contribution in [0.15, 0.2) is 30.3 Å². The summed E-state index contributed by atoms with van der Waals surface area (Å²) in [5, 5.41) is 0. The number of amides is 3. The lowest BCUT2D eigenvalue weighted by Crippen LogP contribution is -2.54. The van der Waals surface area contributed by atoms with Crippen LogP contribution in [0.3, 0.4) is 0 Å². The average molecular weight is 372 g/mol. The number of nitrogens with zero attached hydrogens (tertiary/aromatic N) is 2. The Morgan fingerprint density at radius 2 is 1.58 bits per heavy atom. The molecular formula is C20H24N2O3S. The average Bonchev–Trinajstić information content (AvgIpc) is 3.11. The van der Waals surface area contributed by atoms with Crippen molar-refractivity contribution in [1.29, 1.82) is 0 Å². The zero-order chi connectivity index (χ0) is 18.1. The van der Waals surface area contributed by atoms with E-state index in [1.54, 1.807) is 11.8 Å². The Morgan fingerprint density at radius 1 is 0.962 bits per heavy atom. The lowest BCUT2D eigenvalue weighted by Gasteiger charge is -2.41. The fourth-order valence-electron chi connectivity index (χ4n) is 4.67. The summed E-state index contributed by atoms with van der Waals surface area (Å²) in [6.45, 7) is 0. The van der Waals surface area contributed by atoms with E-state index in [1.165, 1.54) is 10.5 Å². The van der Waals surface area contributed by atoms with Crippen molar-refractivity contribution in [3.05, 3.63) is 35.9 Å². The molecule has 5 nitrogen and oxygen atoms in total. The maximum atomic E-state index is 12.8. The van der Waals surface area contributed by atoms with E-state index in [-0.39, 0.29) is 35.8 Å². The number of fused-ring (bicyclic) bond motifs is 2. The topological polar surface area (TPSA) is 57.7 Å². The van der Waals surface area contributed by atoms with E-state index in [0.717, 1.165) is 31.4 Å². The van der Waals surface area contributed by atoms with Crippen molar-refractivity contribution in [2.24, 2.45) is 0 Å². The van der Waals surface area contributed by atoms with Crippen molar-refractivity contribution in [2.75, 3.05) is 5.75 Å². The molecule has 0 aliphatic carbocycles. The van der Waals surface area contributed by atoms with Gasteiger partial charge in [-0.3, -0.25) is 19.3 Å². The van der Waals surface area contributed by atoms with Crippen LogP contribution in [0, 0.1) is 0 Å². The van der Waals surface area contributed by atoms with Crippen LogP contribution in [-0.4, -0.2) is 51.4 Å². The molecule has 3 amide bonds. The normalized spacial score (nSPS) is 28.1. The number of hydrogen-bond acceptors (Lipinski definition) is 4. The Kier molecular flexibility index (Phi) is 5.02. The first-order chi connectivity index (χ1) is 12.6. The number of likely N-dealkylation sites (tertiary alicyclic amines) is 1. The summed E-state index contributed by atoms with van der Waals surface area (Å²) in [4.78, 5) is 40.4. The minimum absolute atomic E-state index is 0.00368. The summed E-state index contributed by atoms with van der Waals surface area (Å²) in [6.07, 6.45) is 4.19. The van der Waals surface area contributed by atoms with Gasteiger partial charge < -0.3 is 4.90 Å². The van der Waals surface area contributed by atoms with Gasteiger partial charge in [0, 0.05) is 36.7 Å². The van der Waals surface area contributed by atoms with Crippen molar-refractivity contribution < 1.29 is 14.4 Å². The number of carbonyl (C=O) groups excluding carboxylic acids is 3. The van der Waals surface area contributed by atoms with Crippen LogP contribution in [-0.2, 0) is 20.1 Å². The summed E-state index contributed by atoms with van der Waals surface area (Å²) >= 11 is 1.66. The molecule has 6 heteroatoms. The van der Waals surface area contributed by atoms with Crippen molar-refractivity contribution in [2.45, 2.75) is 62.4 Å². The molecular weight excluding hydrogens is 348 g/mol. The molecule has 3 fully saturated rings. The number of benzene rings is 1. The monoisotopic (exact) mass is 372 g/mol. The summed E-state index contributed by atoms with van der Waals surface area (Å²) in [6, 6.07) is 10.6. The van der Waals surface area contributed by atoms with Gasteiger partial charge in [0.15, 0.2) is 0 Å². The molecule has 26 heavy (non-hydrogen) atoms. The Hall–Kier alpha value is -1.82. The zero-order valence-electron chi connectivity index (χ0n) is 14.8. The van der Waals surface area contributed by atoms with E-state index >= 15 is 0 Å². The highest BCUT2D eigenvalue weighted by Gasteiger charge is 2.47. The van der Waals surface area contributed by atoms with E-state index in [0.29, 0.717) is 18.6 Å². The molecule has 3 saturated heterocycles. The fourth-order valence-corrected chi connectivity index (χ4v) is 5.53. The molecule has 3 aliphatic rings. The highest BCUT2D eigenvalue weighted by molar-refractivity contribution is 7.99. The molecule has 2 unspecified atom stereocenters. The highest BCUT2D eigenvalue weighted by atomic mass is 32.2. The maximum Gasteiger partial charge on any atom is 0.233 e. The highest BCUT2D eigenvalue weighted by Crippen LogP contribution is 2.39. The minimum Gasteiger partial charge on any atom is -0.336 e. The predicted octanol–water partition coefficient (Wildman–Crippen LogP) is 2.59. The predicted molar refractivity (Wildman–Crippen MR) is 100 cm³/mol. The molecule has 0 spiro atoms. The van der Waals surface area contributed by atoms with Crippen LogP contribution in [0.1, 0.15) is 44.1 Å². The first-order valence-electron chi connectivity index (χ1n) is 9.41. The van der Waals surface area contributed by atoms with E-state index in [4.69, 9.17) is 0 Å². The smallest absolute Gasteiger partial charge is 0.233 e. The lowest BCUT2D eigenvalue weighted by molar-refractivity contribution is -0.144.